The van der Waals surface area contributed by atoms with Gasteiger partial charge in [-0.05, 0) is 43.7 Å². The van der Waals surface area contributed by atoms with E-state index >= 15 is 0 Å². The molecule has 4 rings (SSSR count). The second-order valence-electron chi connectivity index (χ2n) is 7.07. The molecule has 0 fully saturated rings. The number of para-hydroxylation sites is 1. The van der Waals surface area contributed by atoms with Crippen LogP contribution >= 0.6 is 23.4 Å². The number of amides is 1. The molecule has 7 nitrogen and oxygen atoms in total. The van der Waals surface area contributed by atoms with Gasteiger partial charge < -0.3 is 5.32 Å². The van der Waals surface area contributed by atoms with E-state index in [9.17, 15) is 9.59 Å². The van der Waals surface area contributed by atoms with E-state index in [1.165, 1.54) is 16.3 Å². The van der Waals surface area contributed by atoms with E-state index in [2.05, 4.69) is 15.4 Å². The van der Waals surface area contributed by atoms with Crippen LogP contribution in [0, 0.1) is 13.8 Å². The number of aromatic nitrogens is 4. The number of carbonyl (C=O) groups excluding carboxylic acids is 1. The Morgan fingerprint density at radius 2 is 1.94 bits per heavy atom. The molecule has 1 amide bonds. The molecule has 0 saturated carbocycles. The highest BCUT2D eigenvalue weighted by molar-refractivity contribution is 7.99. The third kappa shape index (κ3) is 4.22. The van der Waals surface area contributed by atoms with Gasteiger partial charge in [-0.2, -0.15) is 5.10 Å². The molecule has 0 bridgehead atoms. The molecule has 0 aliphatic rings. The van der Waals surface area contributed by atoms with E-state index in [0.717, 1.165) is 11.3 Å². The average Bonchev–Trinajstić information content (AvgIpc) is 3.05. The Labute approximate surface area is 188 Å². The zero-order valence-corrected chi connectivity index (χ0v) is 18.8. The van der Waals surface area contributed by atoms with E-state index in [4.69, 9.17) is 11.6 Å². The lowest BCUT2D eigenvalue weighted by atomic mass is 10.2. The van der Waals surface area contributed by atoms with Crippen molar-refractivity contribution >= 4 is 46.0 Å². The standard InChI is InChI=1S/C22H20ClN5O2S/c1-13-11-19(27(3)26-13)25-20(29)12-31-22-24-17-9-5-4-7-15(17)21(30)28(22)18-10-6-8-16(23)14(18)2/h4-11H,12H2,1-3H3,(H,25,29). The van der Waals surface area contributed by atoms with Gasteiger partial charge in [0.2, 0.25) is 5.91 Å². The van der Waals surface area contributed by atoms with Crippen molar-refractivity contribution in [2.75, 3.05) is 11.1 Å². The van der Waals surface area contributed by atoms with Crippen LogP contribution in [0.2, 0.25) is 5.02 Å². The van der Waals surface area contributed by atoms with E-state index in [-0.39, 0.29) is 17.2 Å². The Morgan fingerprint density at radius 3 is 2.68 bits per heavy atom. The molecule has 31 heavy (non-hydrogen) atoms. The minimum Gasteiger partial charge on any atom is -0.310 e. The third-order valence-electron chi connectivity index (χ3n) is 4.83. The minimum absolute atomic E-state index is 0.0780. The number of hydrogen-bond acceptors (Lipinski definition) is 5. The first kappa shape index (κ1) is 21.1. The molecule has 0 aliphatic carbocycles. The maximum Gasteiger partial charge on any atom is 0.266 e. The molecule has 158 valence electrons. The van der Waals surface area contributed by atoms with Gasteiger partial charge in [-0.15, -0.1) is 0 Å². The normalized spacial score (nSPS) is 11.1. The fraction of sp³-hybridized carbons (Fsp3) is 0.182. The van der Waals surface area contributed by atoms with Crippen molar-refractivity contribution in [3.8, 4) is 5.69 Å². The lowest BCUT2D eigenvalue weighted by Crippen LogP contribution is -2.23. The summed E-state index contributed by atoms with van der Waals surface area (Å²) >= 11 is 7.50. The number of thioether (sulfide) groups is 1. The minimum atomic E-state index is -0.218. The summed E-state index contributed by atoms with van der Waals surface area (Å²) in [4.78, 5) is 30.6. The van der Waals surface area contributed by atoms with Crippen molar-refractivity contribution < 1.29 is 4.79 Å². The molecule has 4 aromatic rings. The fourth-order valence-corrected chi connectivity index (χ4v) is 4.27. The molecular weight excluding hydrogens is 434 g/mol. The number of fused-ring (bicyclic) bond motifs is 1. The Kier molecular flexibility index (Phi) is 5.84. The second-order valence-corrected chi connectivity index (χ2v) is 8.42. The lowest BCUT2D eigenvalue weighted by Gasteiger charge is -2.15. The highest BCUT2D eigenvalue weighted by Gasteiger charge is 2.17. The Bertz CT molecular complexity index is 1360. The Morgan fingerprint density at radius 1 is 1.16 bits per heavy atom. The highest BCUT2D eigenvalue weighted by Crippen LogP contribution is 2.26. The number of nitrogens with zero attached hydrogens (tertiary/aromatic N) is 4. The van der Waals surface area contributed by atoms with Crippen LogP contribution in [-0.2, 0) is 11.8 Å². The smallest absolute Gasteiger partial charge is 0.266 e. The summed E-state index contributed by atoms with van der Waals surface area (Å²) in [5.41, 5.74) is 2.59. The van der Waals surface area contributed by atoms with Crippen LogP contribution in [0.15, 0.2) is 58.5 Å². The summed E-state index contributed by atoms with van der Waals surface area (Å²) < 4.78 is 3.13. The number of rotatable bonds is 5. The van der Waals surface area contributed by atoms with Gasteiger partial charge in [0.1, 0.15) is 5.82 Å². The van der Waals surface area contributed by atoms with Gasteiger partial charge >= 0.3 is 0 Å². The molecule has 2 heterocycles. The molecule has 0 atom stereocenters. The number of nitrogens with one attached hydrogen (secondary N) is 1. The average molecular weight is 454 g/mol. The molecule has 9 heteroatoms. The van der Waals surface area contributed by atoms with Gasteiger partial charge in [-0.1, -0.05) is 41.6 Å². The van der Waals surface area contributed by atoms with E-state index in [0.29, 0.717) is 32.6 Å². The van der Waals surface area contributed by atoms with Crippen LogP contribution in [-0.4, -0.2) is 31.0 Å². The maximum atomic E-state index is 13.4. The van der Waals surface area contributed by atoms with Gasteiger partial charge in [-0.25, -0.2) is 4.98 Å². The molecule has 2 aromatic heterocycles. The molecule has 0 spiro atoms. The number of carbonyl (C=O) groups is 1. The predicted octanol–water partition coefficient (Wildman–Crippen LogP) is 4.12. The first-order valence-electron chi connectivity index (χ1n) is 9.55. The molecule has 0 unspecified atom stereocenters. The lowest BCUT2D eigenvalue weighted by molar-refractivity contribution is -0.113. The third-order valence-corrected chi connectivity index (χ3v) is 6.17. The topological polar surface area (TPSA) is 81.8 Å². The van der Waals surface area contributed by atoms with Crippen molar-refractivity contribution in [1.29, 1.82) is 0 Å². The molecule has 0 radical (unpaired) electrons. The number of hydrogen-bond donors (Lipinski definition) is 1. The SMILES string of the molecule is Cc1cc(NC(=O)CSc2nc3ccccc3c(=O)n2-c2cccc(Cl)c2C)n(C)n1. The van der Waals surface area contributed by atoms with Gasteiger partial charge in [0.25, 0.3) is 5.56 Å². The van der Waals surface area contributed by atoms with Crippen LogP contribution in [0.3, 0.4) is 0 Å². The van der Waals surface area contributed by atoms with Gasteiger partial charge in [-0.3, -0.25) is 18.8 Å². The highest BCUT2D eigenvalue weighted by atomic mass is 35.5. The van der Waals surface area contributed by atoms with Crippen molar-refractivity contribution in [1.82, 2.24) is 19.3 Å². The largest absolute Gasteiger partial charge is 0.310 e. The van der Waals surface area contributed by atoms with Crippen molar-refractivity contribution in [3.05, 3.63) is 75.2 Å². The molecular formula is C22H20ClN5O2S. The fourth-order valence-electron chi connectivity index (χ4n) is 3.30. The van der Waals surface area contributed by atoms with Gasteiger partial charge in [0, 0.05) is 18.1 Å². The number of halogens is 1. The zero-order valence-electron chi connectivity index (χ0n) is 17.2. The summed E-state index contributed by atoms with van der Waals surface area (Å²) in [7, 11) is 1.76. The van der Waals surface area contributed by atoms with Crippen molar-refractivity contribution in [2.24, 2.45) is 7.05 Å². The Balaban J connectivity index is 1.72. The van der Waals surface area contributed by atoms with Crippen molar-refractivity contribution in [3.63, 3.8) is 0 Å². The van der Waals surface area contributed by atoms with Crippen molar-refractivity contribution in [2.45, 2.75) is 19.0 Å². The van der Waals surface area contributed by atoms with E-state index < -0.39 is 0 Å². The Hall–Kier alpha value is -3.10. The summed E-state index contributed by atoms with van der Waals surface area (Å²) in [5, 5.41) is 8.54. The second kappa shape index (κ2) is 8.56. The molecule has 0 aliphatic heterocycles. The summed E-state index contributed by atoms with van der Waals surface area (Å²) in [5.74, 6) is 0.469. The van der Waals surface area contributed by atoms with Crippen LogP contribution in [0.4, 0.5) is 5.82 Å². The van der Waals surface area contributed by atoms with Crippen LogP contribution in [0.25, 0.3) is 16.6 Å². The summed E-state index contributed by atoms with van der Waals surface area (Å²) in [6, 6.07) is 14.3. The molecule has 0 saturated heterocycles. The summed E-state index contributed by atoms with van der Waals surface area (Å²) in [6.45, 7) is 3.71. The van der Waals surface area contributed by atoms with Crippen LogP contribution in [0.1, 0.15) is 11.3 Å². The quantitative estimate of drug-likeness (QED) is 0.363. The van der Waals surface area contributed by atoms with E-state index in [1.807, 2.05) is 26.0 Å². The van der Waals surface area contributed by atoms with Gasteiger partial charge in [0.15, 0.2) is 5.16 Å². The molecule has 2 aromatic carbocycles. The zero-order chi connectivity index (χ0) is 22.1. The number of benzene rings is 2. The number of anilines is 1. The first-order chi connectivity index (χ1) is 14.8. The molecule has 1 N–H and O–H groups in total. The maximum absolute atomic E-state index is 13.4. The van der Waals surface area contributed by atoms with Crippen LogP contribution in [0.5, 0.6) is 0 Å². The van der Waals surface area contributed by atoms with E-state index in [1.54, 1.807) is 48.1 Å². The first-order valence-corrected chi connectivity index (χ1v) is 10.9. The monoisotopic (exact) mass is 453 g/mol. The predicted molar refractivity (Wildman–Crippen MR) is 124 cm³/mol. The van der Waals surface area contributed by atoms with Crippen LogP contribution < -0.4 is 10.9 Å². The number of aryl methyl sites for hydroxylation is 2. The summed E-state index contributed by atoms with van der Waals surface area (Å²) in [6.07, 6.45) is 0. The van der Waals surface area contributed by atoms with Gasteiger partial charge in [0.05, 0.1) is 28.0 Å².